The van der Waals surface area contributed by atoms with Crippen molar-refractivity contribution in [3.05, 3.63) is 194 Å². The van der Waals surface area contributed by atoms with Crippen LogP contribution < -0.4 is 4.90 Å². The maximum Gasteiger partial charge on any atom is 0.0561 e. The minimum absolute atomic E-state index is 1.11. The summed E-state index contributed by atoms with van der Waals surface area (Å²) >= 11 is 0. The quantitative estimate of drug-likeness (QED) is 0.179. The summed E-state index contributed by atoms with van der Waals surface area (Å²) in [5, 5.41) is 4.92. The summed E-state index contributed by atoms with van der Waals surface area (Å²) in [7, 11) is 0. The van der Waals surface area contributed by atoms with Gasteiger partial charge in [0.25, 0.3) is 0 Å². The normalized spacial score (nSPS) is 12.1. The van der Waals surface area contributed by atoms with Crippen LogP contribution in [0.15, 0.2) is 194 Å². The van der Waals surface area contributed by atoms with Crippen molar-refractivity contribution in [2.45, 2.75) is 0 Å². The van der Waals surface area contributed by atoms with Crippen molar-refractivity contribution in [1.82, 2.24) is 4.57 Å². The minimum atomic E-state index is 1.11. The topological polar surface area (TPSA) is 8.17 Å². The standard InChI is InChI=1S/C52H32N2/c1-2-15-34(16-3-1)54-49-25-9-8-19-40(49)41-30-28-36(32-50(41)54)53(48-26-10-14-33-13-4-5-17-37(33)48)35-27-29-39-44-22-12-23-45-46-24-11-21-43(52(46)47(39)31-35)38-18-6-7-20-42(38)51(44)45/h1-32H. The Labute approximate surface area is 313 Å². The van der Waals surface area contributed by atoms with Gasteiger partial charge in [-0.05, 0) is 110 Å². The van der Waals surface area contributed by atoms with Crippen LogP contribution in [-0.2, 0) is 0 Å². The Bertz CT molecular complexity index is 3140. The highest BCUT2D eigenvalue weighted by molar-refractivity contribution is 6.16. The average Bonchev–Trinajstić information content (AvgIpc) is 3.51. The van der Waals surface area contributed by atoms with Gasteiger partial charge < -0.3 is 9.47 Å². The third kappa shape index (κ3) is 4.05. The second-order valence-corrected chi connectivity index (χ2v) is 14.5. The molecule has 2 heteroatoms. The molecule has 0 fully saturated rings. The van der Waals surface area contributed by atoms with Gasteiger partial charge in [0.2, 0.25) is 0 Å². The number of hydrogen-bond acceptors (Lipinski definition) is 1. The van der Waals surface area contributed by atoms with Gasteiger partial charge in [0.1, 0.15) is 0 Å². The molecule has 0 atom stereocenters. The third-order valence-electron chi connectivity index (χ3n) is 11.7. The van der Waals surface area contributed by atoms with Gasteiger partial charge in [-0.15, -0.1) is 0 Å². The van der Waals surface area contributed by atoms with Crippen molar-refractivity contribution in [3.63, 3.8) is 0 Å². The number of rotatable bonds is 4. The minimum Gasteiger partial charge on any atom is -0.310 e. The summed E-state index contributed by atoms with van der Waals surface area (Å²) in [6.45, 7) is 0. The Kier molecular flexibility index (Phi) is 6.09. The van der Waals surface area contributed by atoms with Crippen LogP contribution in [0.3, 0.4) is 0 Å². The van der Waals surface area contributed by atoms with Gasteiger partial charge in [-0.2, -0.15) is 0 Å². The summed E-state index contributed by atoms with van der Waals surface area (Å²) in [6, 6.07) is 71.7. The van der Waals surface area contributed by atoms with Crippen LogP contribution in [0, 0.1) is 0 Å². The summed E-state index contributed by atoms with van der Waals surface area (Å²) in [4.78, 5) is 2.47. The van der Waals surface area contributed by atoms with Crippen molar-refractivity contribution < 1.29 is 0 Å². The Hall–Kier alpha value is -7.16. The number of hydrogen-bond donors (Lipinski definition) is 0. The lowest BCUT2D eigenvalue weighted by molar-refractivity contribution is 1.18. The highest BCUT2D eigenvalue weighted by Crippen LogP contribution is 2.58. The fourth-order valence-corrected chi connectivity index (χ4v) is 9.42. The Morgan fingerprint density at radius 1 is 0.315 bits per heavy atom. The predicted octanol–water partition coefficient (Wildman–Crippen LogP) is 14.4. The summed E-state index contributed by atoms with van der Waals surface area (Å²) in [5.41, 5.74) is 19.9. The van der Waals surface area contributed by atoms with E-state index in [2.05, 4.69) is 204 Å². The van der Waals surface area contributed by atoms with Crippen molar-refractivity contribution in [1.29, 1.82) is 0 Å². The molecule has 9 aromatic carbocycles. The summed E-state index contributed by atoms with van der Waals surface area (Å²) < 4.78 is 2.41. The van der Waals surface area contributed by atoms with E-state index in [0.717, 1.165) is 22.7 Å². The Morgan fingerprint density at radius 2 is 0.852 bits per heavy atom. The highest BCUT2D eigenvalue weighted by Gasteiger charge is 2.31. The van der Waals surface area contributed by atoms with Crippen molar-refractivity contribution >= 4 is 49.6 Å². The highest BCUT2D eigenvalue weighted by atomic mass is 15.1. The van der Waals surface area contributed by atoms with E-state index in [9.17, 15) is 0 Å². The van der Waals surface area contributed by atoms with Gasteiger partial charge in [0, 0.05) is 33.2 Å². The molecule has 0 spiro atoms. The molecule has 0 N–H and O–H groups in total. The van der Waals surface area contributed by atoms with E-state index in [-0.39, 0.29) is 0 Å². The van der Waals surface area contributed by atoms with Crippen LogP contribution >= 0.6 is 0 Å². The molecule has 54 heavy (non-hydrogen) atoms. The van der Waals surface area contributed by atoms with E-state index in [0.29, 0.717) is 0 Å². The molecule has 2 aliphatic rings. The first-order valence-corrected chi connectivity index (χ1v) is 18.7. The van der Waals surface area contributed by atoms with Gasteiger partial charge in [0.15, 0.2) is 0 Å². The molecule has 0 saturated carbocycles. The van der Waals surface area contributed by atoms with E-state index < -0.39 is 0 Å². The van der Waals surface area contributed by atoms with E-state index in [4.69, 9.17) is 0 Å². The van der Waals surface area contributed by atoms with Crippen LogP contribution in [0.5, 0.6) is 0 Å². The summed E-state index contributed by atoms with van der Waals surface area (Å²) in [5.74, 6) is 0. The molecule has 12 rings (SSSR count). The number of nitrogens with zero attached hydrogens (tertiary/aromatic N) is 2. The number of anilines is 3. The SMILES string of the molecule is c1ccc(-n2c3ccccc3c3ccc(N(c4ccc5c(c4)-c4c6cccc4-c4cccc-5c4-c4ccccc4-6)c4cccc5ccccc45)cc32)cc1. The maximum atomic E-state index is 2.47. The molecule has 250 valence electrons. The molecule has 6 bridgehead atoms. The van der Waals surface area contributed by atoms with E-state index in [1.807, 2.05) is 0 Å². The van der Waals surface area contributed by atoms with Crippen molar-refractivity contribution in [3.8, 4) is 61.3 Å². The Morgan fingerprint density at radius 3 is 1.67 bits per heavy atom. The van der Waals surface area contributed by atoms with Gasteiger partial charge in [-0.25, -0.2) is 0 Å². The molecular weight excluding hydrogens is 653 g/mol. The van der Waals surface area contributed by atoms with Gasteiger partial charge in [-0.1, -0.05) is 146 Å². The number of fused-ring (bicyclic) bond motifs is 8. The molecule has 0 saturated heterocycles. The molecular formula is C52H32N2. The molecule has 1 heterocycles. The fourth-order valence-electron chi connectivity index (χ4n) is 9.42. The van der Waals surface area contributed by atoms with Gasteiger partial charge in [-0.3, -0.25) is 0 Å². The first-order valence-electron chi connectivity index (χ1n) is 18.7. The number of benzene rings is 9. The number of aromatic nitrogens is 1. The average molecular weight is 685 g/mol. The van der Waals surface area contributed by atoms with E-state index in [1.165, 1.54) is 88.2 Å². The third-order valence-corrected chi connectivity index (χ3v) is 11.7. The van der Waals surface area contributed by atoms with Crippen LogP contribution in [0.1, 0.15) is 0 Å². The zero-order chi connectivity index (χ0) is 35.3. The molecule has 0 radical (unpaired) electrons. The molecule has 2 aliphatic carbocycles. The molecule has 0 unspecified atom stereocenters. The first kappa shape index (κ1) is 29.4. The molecule has 10 aromatic rings. The molecule has 1 aromatic heterocycles. The number of para-hydroxylation sites is 2. The van der Waals surface area contributed by atoms with Crippen molar-refractivity contribution in [2.24, 2.45) is 0 Å². The van der Waals surface area contributed by atoms with Crippen LogP contribution in [0.25, 0.3) is 93.9 Å². The lowest BCUT2D eigenvalue weighted by Gasteiger charge is -2.29. The first-order chi connectivity index (χ1) is 26.8. The largest absolute Gasteiger partial charge is 0.310 e. The van der Waals surface area contributed by atoms with E-state index in [1.54, 1.807) is 0 Å². The maximum absolute atomic E-state index is 2.47. The zero-order valence-electron chi connectivity index (χ0n) is 29.4. The molecule has 2 nitrogen and oxygen atoms in total. The van der Waals surface area contributed by atoms with Gasteiger partial charge in [0.05, 0.1) is 16.7 Å². The smallest absolute Gasteiger partial charge is 0.0561 e. The van der Waals surface area contributed by atoms with Crippen LogP contribution in [-0.4, -0.2) is 4.57 Å². The monoisotopic (exact) mass is 684 g/mol. The molecule has 0 aliphatic heterocycles. The van der Waals surface area contributed by atoms with Crippen LogP contribution in [0.2, 0.25) is 0 Å². The van der Waals surface area contributed by atoms with Gasteiger partial charge >= 0.3 is 0 Å². The second kappa shape index (κ2) is 11.2. The lowest BCUT2D eigenvalue weighted by atomic mass is 9.83. The fraction of sp³-hybridized carbons (Fsp3) is 0. The lowest BCUT2D eigenvalue weighted by Crippen LogP contribution is -2.11. The van der Waals surface area contributed by atoms with Crippen molar-refractivity contribution in [2.75, 3.05) is 4.90 Å². The Balaban J connectivity index is 1.16. The van der Waals surface area contributed by atoms with Crippen LogP contribution in [0.4, 0.5) is 17.1 Å². The van der Waals surface area contributed by atoms with E-state index >= 15 is 0 Å². The second-order valence-electron chi connectivity index (χ2n) is 14.5. The molecule has 0 amide bonds. The summed E-state index contributed by atoms with van der Waals surface area (Å²) in [6.07, 6.45) is 0. The predicted molar refractivity (Wildman–Crippen MR) is 227 cm³/mol. The zero-order valence-corrected chi connectivity index (χ0v) is 29.4.